The van der Waals surface area contributed by atoms with Gasteiger partial charge in [-0.3, -0.25) is 0 Å². The molecule has 0 aliphatic rings. The number of fused-ring (bicyclic) bond motifs is 1. The molecule has 0 fully saturated rings. The molecule has 0 N–H and O–H groups in total. The molecule has 0 unspecified atom stereocenters. The monoisotopic (exact) mass is 214 g/mol. The van der Waals surface area contributed by atoms with Crippen LogP contribution in [0.15, 0.2) is 24.3 Å². The predicted octanol–water partition coefficient (Wildman–Crippen LogP) is 2.07. The van der Waals surface area contributed by atoms with Crippen molar-refractivity contribution >= 4 is 16.9 Å². The lowest BCUT2D eigenvalue weighted by Gasteiger charge is -1.98. The molecule has 80 valence electrons. The van der Waals surface area contributed by atoms with Gasteiger partial charge in [-0.2, -0.15) is 5.26 Å². The lowest BCUT2D eigenvalue weighted by atomic mass is 10.2. The van der Waals surface area contributed by atoms with E-state index < -0.39 is 5.97 Å². The summed E-state index contributed by atoms with van der Waals surface area (Å²) in [6.07, 6.45) is 1.97. The summed E-state index contributed by atoms with van der Waals surface area (Å²) in [6.45, 7) is 1.96. The zero-order valence-corrected chi connectivity index (χ0v) is 9.02. The maximum Gasteiger partial charge on any atom is 0.355 e. The Hall–Kier alpha value is -2.28. The van der Waals surface area contributed by atoms with Gasteiger partial charge in [0.1, 0.15) is 5.69 Å². The zero-order chi connectivity index (χ0) is 11.7. The summed E-state index contributed by atoms with van der Waals surface area (Å²) in [5, 5.41) is 9.89. The van der Waals surface area contributed by atoms with Gasteiger partial charge in [-0.15, -0.1) is 0 Å². The highest BCUT2D eigenvalue weighted by Crippen LogP contribution is 2.21. The fourth-order valence-electron chi connectivity index (χ4n) is 1.70. The van der Waals surface area contributed by atoms with Crippen LogP contribution in [-0.4, -0.2) is 17.6 Å². The van der Waals surface area contributed by atoms with Gasteiger partial charge in [0.2, 0.25) is 0 Å². The van der Waals surface area contributed by atoms with E-state index in [0.29, 0.717) is 5.52 Å². The van der Waals surface area contributed by atoms with E-state index in [2.05, 4.69) is 4.74 Å². The average Bonchev–Trinajstić information content (AvgIpc) is 2.65. The molecule has 1 heterocycles. The van der Waals surface area contributed by atoms with Crippen molar-refractivity contribution in [2.24, 2.45) is 0 Å². The molecule has 4 nitrogen and oxygen atoms in total. The number of methoxy groups -OCH3 is 1. The van der Waals surface area contributed by atoms with Gasteiger partial charge < -0.3 is 4.74 Å². The maximum absolute atomic E-state index is 11.5. The van der Waals surface area contributed by atoms with Crippen LogP contribution in [0, 0.1) is 18.4 Å². The SMILES string of the molecule is COC(=O)c1cc2cc(C)ccc2n1C#N. The molecule has 0 saturated carbocycles. The number of rotatable bonds is 1. The second kappa shape index (κ2) is 3.70. The molecule has 0 aliphatic heterocycles. The first kappa shape index (κ1) is 10.2. The first-order valence-electron chi connectivity index (χ1n) is 4.78. The minimum Gasteiger partial charge on any atom is -0.464 e. The number of aryl methyl sites for hydroxylation is 1. The molecule has 0 amide bonds. The average molecular weight is 214 g/mol. The Bertz CT molecular complexity index is 605. The third-order valence-corrected chi connectivity index (χ3v) is 2.45. The van der Waals surface area contributed by atoms with Crippen LogP contribution in [0.4, 0.5) is 0 Å². The third kappa shape index (κ3) is 1.43. The van der Waals surface area contributed by atoms with Crippen molar-refractivity contribution in [1.82, 2.24) is 4.57 Å². The fourth-order valence-corrected chi connectivity index (χ4v) is 1.70. The maximum atomic E-state index is 11.5. The number of carbonyl (C=O) groups excluding carboxylic acids is 1. The molecular formula is C12H10N2O2. The second-order valence-electron chi connectivity index (χ2n) is 3.52. The molecule has 2 rings (SSSR count). The highest BCUT2D eigenvalue weighted by Gasteiger charge is 2.15. The van der Waals surface area contributed by atoms with Crippen molar-refractivity contribution in [3.63, 3.8) is 0 Å². The normalized spacial score (nSPS) is 10.1. The van der Waals surface area contributed by atoms with E-state index in [-0.39, 0.29) is 5.69 Å². The Morgan fingerprint density at radius 2 is 2.19 bits per heavy atom. The van der Waals surface area contributed by atoms with Gasteiger partial charge >= 0.3 is 5.97 Å². The highest BCUT2D eigenvalue weighted by atomic mass is 16.5. The van der Waals surface area contributed by atoms with Crippen molar-refractivity contribution in [3.05, 3.63) is 35.5 Å². The van der Waals surface area contributed by atoms with Gasteiger partial charge in [0.25, 0.3) is 0 Å². The number of hydrogen-bond acceptors (Lipinski definition) is 3. The molecular weight excluding hydrogens is 204 g/mol. The van der Waals surface area contributed by atoms with Crippen LogP contribution in [-0.2, 0) is 4.74 Å². The predicted molar refractivity (Wildman–Crippen MR) is 59.0 cm³/mol. The number of esters is 1. The lowest BCUT2D eigenvalue weighted by molar-refractivity contribution is 0.0592. The minimum atomic E-state index is -0.504. The van der Waals surface area contributed by atoms with E-state index in [1.165, 1.54) is 11.7 Å². The molecule has 0 aliphatic carbocycles. The van der Waals surface area contributed by atoms with Crippen molar-refractivity contribution in [1.29, 1.82) is 5.26 Å². The number of carbonyl (C=O) groups is 1. The van der Waals surface area contributed by atoms with Crippen molar-refractivity contribution in [2.75, 3.05) is 7.11 Å². The van der Waals surface area contributed by atoms with E-state index in [1.54, 1.807) is 6.07 Å². The van der Waals surface area contributed by atoms with Crippen LogP contribution < -0.4 is 0 Å². The van der Waals surface area contributed by atoms with Crippen LogP contribution in [0.3, 0.4) is 0 Å². The summed E-state index contributed by atoms with van der Waals surface area (Å²) in [7, 11) is 1.30. The number of benzene rings is 1. The molecule has 0 atom stereocenters. The molecule has 0 spiro atoms. The quantitative estimate of drug-likeness (QED) is 0.683. The summed E-state index contributed by atoms with van der Waals surface area (Å²) in [5.41, 5.74) is 2.05. The van der Waals surface area contributed by atoms with E-state index in [4.69, 9.17) is 5.26 Å². The van der Waals surface area contributed by atoms with Crippen LogP contribution in [0.5, 0.6) is 0 Å². The molecule has 0 saturated heterocycles. The first-order chi connectivity index (χ1) is 7.67. The van der Waals surface area contributed by atoms with Crippen molar-refractivity contribution in [2.45, 2.75) is 6.92 Å². The standard InChI is InChI=1S/C12H10N2O2/c1-8-3-4-10-9(5-8)6-11(12(15)16-2)14(10)7-13/h3-6H,1-2H3. The largest absolute Gasteiger partial charge is 0.464 e. The summed E-state index contributed by atoms with van der Waals surface area (Å²) >= 11 is 0. The molecule has 0 radical (unpaired) electrons. The third-order valence-electron chi connectivity index (χ3n) is 2.45. The molecule has 0 bridgehead atoms. The van der Waals surface area contributed by atoms with Gasteiger partial charge in [-0.25, -0.2) is 9.36 Å². The molecule has 1 aromatic carbocycles. The number of aromatic nitrogens is 1. The molecule has 16 heavy (non-hydrogen) atoms. The Morgan fingerprint density at radius 1 is 1.44 bits per heavy atom. The van der Waals surface area contributed by atoms with Crippen LogP contribution in [0.1, 0.15) is 16.1 Å². The Kier molecular flexibility index (Phi) is 2.37. The first-order valence-corrected chi connectivity index (χ1v) is 4.78. The van der Waals surface area contributed by atoms with Gasteiger partial charge in [-0.05, 0) is 25.1 Å². The topological polar surface area (TPSA) is 55.0 Å². The fraction of sp³-hybridized carbons (Fsp3) is 0.167. The number of hydrogen-bond donors (Lipinski definition) is 0. The molecule has 1 aromatic heterocycles. The number of nitriles is 1. The van der Waals surface area contributed by atoms with E-state index in [1.807, 2.05) is 31.3 Å². The van der Waals surface area contributed by atoms with Gasteiger partial charge in [0, 0.05) is 5.39 Å². The Morgan fingerprint density at radius 3 is 2.81 bits per heavy atom. The highest BCUT2D eigenvalue weighted by molar-refractivity contribution is 5.96. The van der Waals surface area contributed by atoms with E-state index >= 15 is 0 Å². The number of nitrogens with zero attached hydrogens (tertiary/aromatic N) is 2. The molecule has 2 aromatic rings. The minimum absolute atomic E-state index is 0.255. The van der Waals surface area contributed by atoms with Crippen molar-refractivity contribution in [3.8, 4) is 6.19 Å². The smallest absolute Gasteiger partial charge is 0.355 e. The van der Waals surface area contributed by atoms with Crippen LogP contribution in [0.25, 0.3) is 10.9 Å². The van der Waals surface area contributed by atoms with Gasteiger partial charge in [0.05, 0.1) is 12.6 Å². The zero-order valence-electron chi connectivity index (χ0n) is 9.02. The Balaban J connectivity index is 2.77. The van der Waals surface area contributed by atoms with Crippen molar-refractivity contribution < 1.29 is 9.53 Å². The number of ether oxygens (including phenoxy) is 1. The van der Waals surface area contributed by atoms with Gasteiger partial charge in [0.15, 0.2) is 6.19 Å². The lowest BCUT2D eigenvalue weighted by Crippen LogP contribution is -2.06. The van der Waals surface area contributed by atoms with Crippen LogP contribution >= 0.6 is 0 Å². The molecule has 4 heteroatoms. The Labute approximate surface area is 92.7 Å². The van der Waals surface area contributed by atoms with Gasteiger partial charge in [-0.1, -0.05) is 11.6 Å². The van der Waals surface area contributed by atoms with E-state index in [0.717, 1.165) is 10.9 Å². The van der Waals surface area contributed by atoms with E-state index in [9.17, 15) is 4.79 Å². The second-order valence-corrected chi connectivity index (χ2v) is 3.52. The summed E-state index contributed by atoms with van der Waals surface area (Å²) in [6, 6.07) is 7.31. The summed E-state index contributed by atoms with van der Waals surface area (Å²) in [5.74, 6) is -0.504. The summed E-state index contributed by atoms with van der Waals surface area (Å²) < 4.78 is 5.91. The van der Waals surface area contributed by atoms with Crippen LogP contribution in [0.2, 0.25) is 0 Å². The summed E-state index contributed by atoms with van der Waals surface area (Å²) in [4.78, 5) is 11.5.